The Labute approximate surface area is 299 Å². The van der Waals surface area contributed by atoms with Crippen LogP contribution in [0.4, 0.5) is 0 Å². The van der Waals surface area contributed by atoms with Gasteiger partial charge in [0.05, 0.1) is 16.6 Å². The molecule has 2 nitrogen and oxygen atoms in total. The molecule has 3 heteroatoms. The predicted molar refractivity (Wildman–Crippen MR) is 219 cm³/mol. The number of hydrogen-bond donors (Lipinski definition) is 0. The molecule has 0 atom stereocenters. The summed E-state index contributed by atoms with van der Waals surface area (Å²) < 4.78 is 7.66. The maximum atomic E-state index is 2.56. The molecule has 51 heavy (non-hydrogen) atoms. The van der Waals surface area contributed by atoms with E-state index in [1.807, 2.05) is 11.3 Å². The van der Waals surface area contributed by atoms with Crippen LogP contribution in [0.1, 0.15) is 17.7 Å². The first-order valence-corrected chi connectivity index (χ1v) is 18.6. The van der Waals surface area contributed by atoms with Crippen molar-refractivity contribution in [1.29, 1.82) is 0 Å². The van der Waals surface area contributed by atoms with Crippen LogP contribution in [0.2, 0.25) is 0 Å². The zero-order valence-corrected chi connectivity index (χ0v) is 28.7. The minimum absolute atomic E-state index is 1.03. The van der Waals surface area contributed by atoms with Crippen LogP contribution >= 0.6 is 11.3 Å². The zero-order chi connectivity index (χ0) is 33.5. The van der Waals surface area contributed by atoms with Gasteiger partial charge in [0.25, 0.3) is 0 Å². The van der Waals surface area contributed by atoms with E-state index < -0.39 is 0 Å². The molecule has 0 bridgehead atoms. The van der Waals surface area contributed by atoms with Crippen LogP contribution in [0, 0.1) is 0 Å². The smallest absolute Gasteiger partial charge is 0.0619 e. The molecule has 0 aliphatic heterocycles. The molecule has 0 amide bonds. The van der Waals surface area contributed by atoms with Crippen molar-refractivity contribution in [1.82, 2.24) is 9.13 Å². The van der Waals surface area contributed by atoms with Gasteiger partial charge in [-0.2, -0.15) is 0 Å². The standard InChI is InChI=1S/C48H32N2S/c1-3-13-31(14-4-1)35-19-11-21-39-37-17-7-9-23-43(37)49(47(35)39)33-25-27-45-41(29-33)42-30-34(26-28-46(42)51-45)50-44-24-10-8-18-38(44)40-22-12-20-36(48(40)50)32-15-5-2-6-16-32/h1-9,11-23,25-30H,10,24H2. The monoisotopic (exact) mass is 668 g/mol. The molecule has 240 valence electrons. The fourth-order valence-corrected chi connectivity index (χ4v) is 9.64. The largest absolute Gasteiger partial charge is 0.312 e. The van der Waals surface area contributed by atoms with Crippen molar-refractivity contribution in [2.75, 3.05) is 0 Å². The number of nitrogens with zero attached hydrogens (tertiary/aromatic N) is 2. The molecule has 10 aromatic rings. The molecule has 11 rings (SSSR count). The number of hydrogen-bond acceptors (Lipinski definition) is 1. The van der Waals surface area contributed by atoms with Crippen LogP contribution in [0.3, 0.4) is 0 Å². The first-order chi connectivity index (χ1) is 25.3. The number of thiophene rings is 1. The van der Waals surface area contributed by atoms with E-state index >= 15 is 0 Å². The third kappa shape index (κ3) is 4.28. The number of fused-ring (bicyclic) bond motifs is 9. The Hall–Kier alpha value is -6.16. The molecule has 3 heterocycles. The summed E-state index contributed by atoms with van der Waals surface area (Å²) in [5.74, 6) is 0. The second-order valence-corrected chi connectivity index (χ2v) is 14.7. The van der Waals surface area contributed by atoms with Crippen molar-refractivity contribution in [2.45, 2.75) is 12.8 Å². The van der Waals surface area contributed by atoms with Crippen LogP contribution in [0.5, 0.6) is 0 Å². The Bertz CT molecular complexity index is 3010. The van der Waals surface area contributed by atoms with Crippen molar-refractivity contribution < 1.29 is 0 Å². The minimum Gasteiger partial charge on any atom is -0.312 e. The van der Waals surface area contributed by atoms with Crippen molar-refractivity contribution in [3.05, 3.63) is 175 Å². The summed E-state index contributed by atoms with van der Waals surface area (Å²) in [5, 5.41) is 6.47. The van der Waals surface area contributed by atoms with Gasteiger partial charge in [0.2, 0.25) is 0 Å². The van der Waals surface area contributed by atoms with Crippen molar-refractivity contribution in [3.63, 3.8) is 0 Å². The van der Waals surface area contributed by atoms with Gasteiger partial charge in [0, 0.05) is 70.1 Å². The maximum absolute atomic E-state index is 2.56. The van der Waals surface area contributed by atoms with Crippen LogP contribution in [0.15, 0.2) is 164 Å². The summed E-state index contributed by atoms with van der Waals surface area (Å²) in [7, 11) is 0. The van der Waals surface area contributed by atoms with Gasteiger partial charge in [-0.3, -0.25) is 0 Å². The van der Waals surface area contributed by atoms with E-state index in [1.54, 1.807) is 0 Å². The molecule has 1 aliphatic rings. The van der Waals surface area contributed by atoms with Crippen molar-refractivity contribution >= 4 is 70.3 Å². The summed E-state index contributed by atoms with van der Waals surface area (Å²) in [6, 6.07) is 58.2. The van der Waals surface area contributed by atoms with Crippen LogP contribution < -0.4 is 0 Å². The van der Waals surface area contributed by atoms with Gasteiger partial charge in [0.1, 0.15) is 0 Å². The van der Waals surface area contributed by atoms with Gasteiger partial charge in [-0.1, -0.05) is 127 Å². The molecule has 3 aromatic heterocycles. The Morgan fingerprint density at radius 1 is 0.451 bits per heavy atom. The zero-order valence-electron chi connectivity index (χ0n) is 27.9. The second-order valence-electron chi connectivity index (χ2n) is 13.6. The molecule has 0 radical (unpaired) electrons. The highest BCUT2D eigenvalue weighted by Gasteiger charge is 2.22. The van der Waals surface area contributed by atoms with E-state index in [0.717, 1.165) is 12.8 Å². The lowest BCUT2D eigenvalue weighted by atomic mass is 9.99. The van der Waals surface area contributed by atoms with Crippen LogP contribution in [-0.4, -0.2) is 9.13 Å². The molecule has 0 saturated heterocycles. The van der Waals surface area contributed by atoms with E-state index in [9.17, 15) is 0 Å². The third-order valence-corrected chi connectivity index (χ3v) is 11.9. The summed E-state index contributed by atoms with van der Waals surface area (Å²) in [6.45, 7) is 0. The van der Waals surface area contributed by atoms with Gasteiger partial charge in [0.15, 0.2) is 0 Å². The first kappa shape index (κ1) is 28.7. The third-order valence-electron chi connectivity index (χ3n) is 10.8. The average Bonchev–Trinajstić information content (AvgIpc) is 3.86. The summed E-state index contributed by atoms with van der Waals surface area (Å²) in [5.41, 5.74) is 13.9. The fraction of sp³-hybridized carbons (Fsp3) is 0.0417. The molecule has 0 spiro atoms. The SMILES string of the molecule is C1=Cc2c(n(-c3ccc4sc5ccc(-n6c7ccccc7c7cccc(-c8ccccc8)c76)cc5c4c3)c3c(-c4ccccc4)cccc23)CC1. The van der Waals surface area contributed by atoms with E-state index in [0.29, 0.717) is 0 Å². The predicted octanol–water partition coefficient (Wildman–Crippen LogP) is 13.4. The highest BCUT2D eigenvalue weighted by molar-refractivity contribution is 7.25. The van der Waals surface area contributed by atoms with Gasteiger partial charge in [-0.25, -0.2) is 0 Å². The van der Waals surface area contributed by atoms with Crippen molar-refractivity contribution in [2.24, 2.45) is 0 Å². The normalized spacial score (nSPS) is 12.9. The topological polar surface area (TPSA) is 9.86 Å². The molecule has 7 aromatic carbocycles. The molecule has 0 saturated carbocycles. The second kappa shape index (κ2) is 11.2. The van der Waals surface area contributed by atoms with E-state index in [4.69, 9.17) is 0 Å². The average molecular weight is 669 g/mol. The molecule has 0 N–H and O–H groups in total. The highest BCUT2D eigenvalue weighted by Crippen LogP contribution is 2.43. The maximum Gasteiger partial charge on any atom is 0.0619 e. The van der Waals surface area contributed by atoms with Crippen molar-refractivity contribution in [3.8, 4) is 33.6 Å². The summed E-state index contributed by atoms with van der Waals surface area (Å²) in [4.78, 5) is 0. The minimum atomic E-state index is 1.03. The first-order valence-electron chi connectivity index (χ1n) is 17.7. The Morgan fingerprint density at radius 2 is 1.02 bits per heavy atom. The number of para-hydroxylation sites is 3. The highest BCUT2D eigenvalue weighted by atomic mass is 32.1. The summed E-state index contributed by atoms with van der Waals surface area (Å²) >= 11 is 1.88. The van der Waals surface area contributed by atoms with E-state index in [1.165, 1.54) is 97.8 Å². The lowest BCUT2D eigenvalue weighted by molar-refractivity contribution is 0.889. The van der Waals surface area contributed by atoms with Gasteiger partial charge >= 0.3 is 0 Å². The Balaban J connectivity index is 1.17. The van der Waals surface area contributed by atoms with Gasteiger partial charge < -0.3 is 9.13 Å². The number of benzene rings is 7. The van der Waals surface area contributed by atoms with Gasteiger partial charge in [-0.15, -0.1) is 11.3 Å². The quantitative estimate of drug-likeness (QED) is 0.177. The van der Waals surface area contributed by atoms with Crippen LogP contribution in [-0.2, 0) is 6.42 Å². The lowest BCUT2D eigenvalue weighted by Crippen LogP contribution is -2.03. The van der Waals surface area contributed by atoms with Crippen LogP contribution in [0.25, 0.3) is 92.6 Å². The molecular weight excluding hydrogens is 637 g/mol. The number of allylic oxidation sites excluding steroid dienone is 1. The number of aromatic nitrogens is 2. The molecule has 0 fully saturated rings. The molecular formula is C48H32N2S. The fourth-order valence-electron chi connectivity index (χ4n) is 8.57. The summed E-state index contributed by atoms with van der Waals surface area (Å²) in [6.07, 6.45) is 6.75. The number of rotatable bonds is 4. The van der Waals surface area contributed by atoms with E-state index in [2.05, 4.69) is 179 Å². The molecule has 0 unspecified atom stereocenters. The Morgan fingerprint density at radius 3 is 1.71 bits per heavy atom. The Kier molecular flexibility index (Phi) is 6.28. The lowest BCUT2D eigenvalue weighted by Gasteiger charge is -2.15. The molecule has 1 aliphatic carbocycles. The van der Waals surface area contributed by atoms with E-state index in [-0.39, 0.29) is 0 Å². The van der Waals surface area contributed by atoms with Gasteiger partial charge in [-0.05, 0) is 66.4 Å².